The monoisotopic (exact) mass is 325 g/mol. The Morgan fingerprint density at radius 3 is 2.58 bits per heavy atom. The van der Waals surface area contributed by atoms with Gasteiger partial charge in [0, 0.05) is 5.69 Å². The van der Waals surface area contributed by atoms with E-state index >= 15 is 0 Å². The third-order valence-corrected chi connectivity index (χ3v) is 3.44. The van der Waals surface area contributed by atoms with E-state index in [-0.39, 0.29) is 12.5 Å². The van der Waals surface area contributed by atoms with Crippen molar-refractivity contribution in [2.75, 3.05) is 18.5 Å². The third kappa shape index (κ3) is 5.43. The number of hydrazone groups is 1. The number of anilines is 1. The topological polar surface area (TPSA) is 62.7 Å². The van der Waals surface area contributed by atoms with Crippen molar-refractivity contribution in [1.82, 2.24) is 5.43 Å². The molecule has 0 aliphatic heterocycles. The number of carbonyl (C=O) groups excluding carboxylic acids is 1. The van der Waals surface area contributed by atoms with E-state index in [1.54, 1.807) is 6.21 Å². The lowest BCUT2D eigenvalue weighted by Crippen LogP contribution is -2.25. The van der Waals surface area contributed by atoms with Gasteiger partial charge in [-0.2, -0.15) is 5.10 Å². The average molecular weight is 325 g/mol. The van der Waals surface area contributed by atoms with Crippen molar-refractivity contribution in [3.05, 3.63) is 59.2 Å². The molecule has 5 heteroatoms. The first-order valence-corrected chi connectivity index (χ1v) is 7.94. The molecule has 1 amide bonds. The van der Waals surface area contributed by atoms with E-state index in [1.165, 1.54) is 5.56 Å². The number of carbonyl (C=O) groups is 1. The quantitative estimate of drug-likeness (QED) is 0.607. The highest BCUT2D eigenvalue weighted by molar-refractivity contribution is 5.85. The molecule has 0 spiro atoms. The summed E-state index contributed by atoms with van der Waals surface area (Å²) in [6.07, 6.45) is 1.66. The number of amides is 1. The van der Waals surface area contributed by atoms with Gasteiger partial charge in [0.25, 0.3) is 5.91 Å². The van der Waals surface area contributed by atoms with Crippen LogP contribution in [0.15, 0.2) is 47.6 Å². The largest absolute Gasteiger partial charge is 0.494 e. The number of ether oxygens (including phenoxy) is 1. The van der Waals surface area contributed by atoms with Crippen LogP contribution in [0.2, 0.25) is 0 Å². The molecule has 0 saturated carbocycles. The summed E-state index contributed by atoms with van der Waals surface area (Å²) in [6.45, 7) is 6.78. The second kappa shape index (κ2) is 8.72. The standard InChI is InChI=1S/C19H23N3O2/c1-4-24-18-9-7-17(8-10-18)20-13-19(23)22-21-12-16-6-5-14(2)11-15(16)3/h5-12,20H,4,13H2,1-3H3,(H,22,23). The average Bonchev–Trinajstić information content (AvgIpc) is 2.56. The molecule has 2 N–H and O–H groups in total. The van der Waals surface area contributed by atoms with Gasteiger partial charge < -0.3 is 10.1 Å². The van der Waals surface area contributed by atoms with Crippen LogP contribution in [-0.4, -0.2) is 25.3 Å². The summed E-state index contributed by atoms with van der Waals surface area (Å²) in [4.78, 5) is 11.8. The van der Waals surface area contributed by atoms with Crippen LogP contribution < -0.4 is 15.5 Å². The van der Waals surface area contributed by atoms with E-state index in [1.807, 2.05) is 57.2 Å². The van der Waals surface area contributed by atoms with E-state index in [4.69, 9.17) is 4.74 Å². The van der Waals surface area contributed by atoms with E-state index in [0.29, 0.717) is 6.61 Å². The Hall–Kier alpha value is -2.82. The molecule has 0 unspecified atom stereocenters. The molecule has 24 heavy (non-hydrogen) atoms. The first kappa shape index (κ1) is 17.5. The summed E-state index contributed by atoms with van der Waals surface area (Å²) < 4.78 is 5.37. The van der Waals surface area contributed by atoms with Crippen LogP contribution >= 0.6 is 0 Å². The Morgan fingerprint density at radius 2 is 1.92 bits per heavy atom. The van der Waals surface area contributed by atoms with Gasteiger partial charge in [-0.3, -0.25) is 4.79 Å². The fraction of sp³-hybridized carbons (Fsp3) is 0.263. The minimum absolute atomic E-state index is 0.151. The van der Waals surface area contributed by atoms with Crippen molar-refractivity contribution in [2.24, 2.45) is 5.10 Å². The van der Waals surface area contributed by atoms with Gasteiger partial charge in [-0.05, 0) is 56.2 Å². The van der Waals surface area contributed by atoms with Crippen molar-refractivity contribution in [3.8, 4) is 5.75 Å². The van der Waals surface area contributed by atoms with Gasteiger partial charge in [0.05, 0.1) is 19.4 Å². The van der Waals surface area contributed by atoms with Gasteiger partial charge >= 0.3 is 0 Å². The molecule has 2 aromatic rings. The van der Waals surface area contributed by atoms with Gasteiger partial charge in [-0.1, -0.05) is 23.8 Å². The summed E-state index contributed by atoms with van der Waals surface area (Å²) in [5, 5.41) is 7.04. The van der Waals surface area contributed by atoms with Crippen LogP contribution in [-0.2, 0) is 4.79 Å². The fourth-order valence-corrected chi connectivity index (χ4v) is 2.20. The van der Waals surface area contributed by atoms with Gasteiger partial charge in [0.1, 0.15) is 5.75 Å². The summed E-state index contributed by atoms with van der Waals surface area (Å²) in [6, 6.07) is 13.6. The number of aryl methyl sites for hydroxylation is 2. The highest BCUT2D eigenvalue weighted by atomic mass is 16.5. The number of hydrogen-bond acceptors (Lipinski definition) is 4. The molecule has 0 atom stereocenters. The van der Waals surface area contributed by atoms with Crippen LogP contribution in [0.25, 0.3) is 0 Å². The van der Waals surface area contributed by atoms with Crippen LogP contribution in [0.5, 0.6) is 5.75 Å². The highest BCUT2D eigenvalue weighted by Gasteiger charge is 2.00. The molecule has 0 bridgehead atoms. The van der Waals surface area contributed by atoms with Gasteiger partial charge in [-0.15, -0.1) is 0 Å². The predicted molar refractivity (Wildman–Crippen MR) is 97.8 cm³/mol. The molecule has 0 radical (unpaired) electrons. The molecule has 2 aromatic carbocycles. The molecular weight excluding hydrogens is 302 g/mol. The summed E-state index contributed by atoms with van der Waals surface area (Å²) in [5.74, 6) is 0.607. The molecule has 0 aromatic heterocycles. The lowest BCUT2D eigenvalue weighted by molar-refractivity contribution is -0.119. The predicted octanol–water partition coefficient (Wildman–Crippen LogP) is 3.26. The smallest absolute Gasteiger partial charge is 0.259 e. The second-order valence-electron chi connectivity index (χ2n) is 5.46. The van der Waals surface area contributed by atoms with E-state index in [9.17, 15) is 4.79 Å². The number of hydrogen-bond donors (Lipinski definition) is 2. The molecule has 2 rings (SSSR count). The zero-order valence-corrected chi connectivity index (χ0v) is 14.3. The SMILES string of the molecule is CCOc1ccc(NCC(=O)NN=Cc2ccc(C)cc2C)cc1. The molecule has 126 valence electrons. The van der Waals surface area contributed by atoms with E-state index < -0.39 is 0 Å². The van der Waals surface area contributed by atoms with Crippen molar-refractivity contribution < 1.29 is 9.53 Å². The molecule has 0 fully saturated rings. The minimum atomic E-state index is -0.204. The van der Waals surface area contributed by atoms with Crippen LogP contribution in [0, 0.1) is 13.8 Å². The lowest BCUT2D eigenvalue weighted by atomic mass is 10.1. The molecule has 0 aliphatic carbocycles. The Morgan fingerprint density at radius 1 is 1.17 bits per heavy atom. The second-order valence-corrected chi connectivity index (χ2v) is 5.46. The third-order valence-electron chi connectivity index (χ3n) is 3.44. The Labute approximate surface area is 142 Å². The number of nitrogens with zero attached hydrogens (tertiary/aromatic N) is 1. The van der Waals surface area contributed by atoms with Crippen LogP contribution in [0.4, 0.5) is 5.69 Å². The van der Waals surface area contributed by atoms with Gasteiger partial charge in [0.2, 0.25) is 0 Å². The van der Waals surface area contributed by atoms with Crippen LogP contribution in [0.1, 0.15) is 23.6 Å². The Balaban J connectivity index is 1.79. The van der Waals surface area contributed by atoms with E-state index in [2.05, 4.69) is 21.9 Å². The van der Waals surface area contributed by atoms with Gasteiger partial charge in [-0.25, -0.2) is 5.43 Å². The number of rotatable bonds is 7. The molecule has 5 nitrogen and oxygen atoms in total. The maximum atomic E-state index is 11.8. The zero-order chi connectivity index (χ0) is 17.4. The summed E-state index contributed by atoms with van der Waals surface area (Å²) in [5.41, 5.74) is 6.69. The van der Waals surface area contributed by atoms with E-state index in [0.717, 1.165) is 22.6 Å². The molecule has 0 heterocycles. The summed E-state index contributed by atoms with van der Waals surface area (Å²) in [7, 11) is 0. The molecular formula is C19H23N3O2. The number of benzene rings is 2. The Bertz CT molecular complexity index is 709. The van der Waals surface area contributed by atoms with Crippen LogP contribution in [0.3, 0.4) is 0 Å². The number of nitrogens with one attached hydrogen (secondary N) is 2. The lowest BCUT2D eigenvalue weighted by Gasteiger charge is -2.07. The highest BCUT2D eigenvalue weighted by Crippen LogP contribution is 2.15. The fourth-order valence-electron chi connectivity index (χ4n) is 2.20. The van der Waals surface area contributed by atoms with Gasteiger partial charge in [0.15, 0.2) is 0 Å². The maximum absolute atomic E-state index is 11.8. The molecule has 0 aliphatic rings. The summed E-state index contributed by atoms with van der Waals surface area (Å²) >= 11 is 0. The zero-order valence-electron chi connectivity index (χ0n) is 14.3. The van der Waals surface area contributed by atoms with Crippen molar-refractivity contribution >= 4 is 17.8 Å². The first-order valence-electron chi connectivity index (χ1n) is 7.94. The van der Waals surface area contributed by atoms with Crippen molar-refractivity contribution in [2.45, 2.75) is 20.8 Å². The maximum Gasteiger partial charge on any atom is 0.259 e. The van der Waals surface area contributed by atoms with Crippen molar-refractivity contribution in [3.63, 3.8) is 0 Å². The Kier molecular flexibility index (Phi) is 6.37. The van der Waals surface area contributed by atoms with Crippen molar-refractivity contribution in [1.29, 1.82) is 0 Å². The normalized spacial score (nSPS) is 10.6. The first-order chi connectivity index (χ1) is 11.6. The minimum Gasteiger partial charge on any atom is -0.494 e. The molecule has 0 saturated heterocycles.